The van der Waals surface area contributed by atoms with E-state index in [2.05, 4.69) is 23.2 Å². The number of anilines is 1. The Morgan fingerprint density at radius 1 is 1.33 bits per heavy atom. The predicted octanol–water partition coefficient (Wildman–Crippen LogP) is 2.52. The predicted molar refractivity (Wildman–Crippen MR) is 93.7 cm³/mol. The van der Waals surface area contributed by atoms with Crippen LogP contribution in [0.2, 0.25) is 0 Å². The number of hydrogen-bond acceptors (Lipinski definition) is 4. The maximum absolute atomic E-state index is 12.1. The Balaban J connectivity index is 1.94. The van der Waals surface area contributed by atoms with E-state index in [4.69, 9.17) is 9.47 Å². The van der Waals surface area contributed by atoms with Crippen LogP contribution in [0.3, 0.4) is 0 Å². The van der Waals surface area contributed by atoms with Gasteiger partial charge >= 0.3 is 0 Å². The number of rotatable bonds is 4. The first-order chi connectivity index (χ1) is 11.6. The molecule has 5 heteroatoms. The van der Waals surface area contributed by atoms with Crippen LogP contribution in [0.25, 0.3) is 0 Å². The van der Waals surface area contributed by atoms with Gasteiger partial charge in [0.05, 0.1) is 19.3 Å². The molecular formula is C19H22N2O3. The summed E-state index contributed by atoms with van der Waals surface area (Å²) in [6.07, 6.45) is -0.527. The van der Waals surface area contributed by atoms with Gasteiger partial charge in [-0.05, 0) is 25.1 Å². The van der Waals surface area contributed by atoms with Crippen molar-refractivity contribution in [3.63, 3.8) is 0 Å². The van der Waals surface area contributed by atoms with Gasteiger partial charge in [-0.15, -0.1) is 0 Å². The highest BCUT2D eigenvalue weighted by Gasteiger charge is 2.30. The average Bonchev–Trinajstić information content (AvgIpc) is 2.61. The molecule has 0 saturated carbocycles. The number of para-hydroxylation sites is 2. The van der Waals surface area contributed by atoms with E-state index in [9.17, 15) is 4.79 Å². The number of benzene rings is 2. The Morgan fingerprint density at radius 2 is 2.12 bits per heavy atom. The van der Waals surface area contributed by atoms with Gasteiger partial charge in [-0.2, -0.15) is 0 Å². The molecule has 2 aromatic carbocycles. The summed E-state index contributed by atoms with van der Waals surface area (Å²) in [5.41, 5.74) is 3.25. The van der Waals surface area contributed by atoms with Crippen LogP contribution in [-0.4, -0.2) is 32.7 Å². The van der Waals surface area contributed by atoms with Gasteiger partial charge in [-0.3, -0.25) is 4.79 Å². The van der Waals surface area contributed by atoms with E-state index in [1.165, 1.54) is 5.56 Å². The number of aryl methyl sites for hydroxylation is 1. The van der Waals surface area contributed by atoms with Gasteiger partial charge in [-0.1, -0.05) is 29.8 Å². The Morgan fingerprint density at radius 3 is 2.88 bits per heavy atom. The van der Waals surface area contributed by atoms with Crippen LogP contribution in [-0.2, 0) is 11.3 Å². The molecule has 1 aliphatic rings. The Kier molecular flexibility index (Phi) is 4.60. The summed E-state index contributed by atoms with van der Waals surface area (Å²) in [5, 5.41) is 2.67. The van der Waals surface area contributed by atoms with Crippen LogP contribution >= 0.6 is 0 Å². The van der Waals surface area contributed by atoms with Crippen LogP contribution in [0.5, 0.6) is 11.5 Å². The molecule has 1 atom stereocenters. The van der Waals surface area contributed by atoms with Crippen LogP contribution in [0.15, 0.2) is 42.5 Å². The first-order valence-electron chi connectivity index (χ1n) is 7.98. The standard InChI is InChI=1S/C19H22N2O3/c1-13-8-9-16(23-3)14(10-13)11-21-12-18(19(22)20-2)24-17-7-5-4-6-15(17)21/h4-10,18H,11-12H2,1-3H3,(H,20,22)/t18-/m1/s1. The Bertz CT molecular complexity index is 745. The number of methoxy groups -OCH3 is 1. The van der Waals surface area contributed by atoms with Gasteiger partial charge < -0.3 is 19.7 Å². The molecule has 0 fully saturated rings. The highest BCUT2D eigenvalue weighted by molar-refractivity contribution is 5.83. The number of carbonyl (C=O) groups excluding carboxylic acids is 1. The molecule has 1 heterocycles. The van der Waals surface area contributed by atoms with Gasteiger partial charge in [0.25, 0.3) is 5.91 Å². The van der Waals surface area contributed by atoms with Crippen LogP contribution in [0, 0.1) is 6.92 Å². The van der Waals surface area contributed by atoms with Gasteiger partial charge in [0, 0.05) is 19.2 Å². The molecule has 0 spiro atoms. The lowest BCUT2D eigenvalue weighted by molar-refractivity contribution is -0.127. The van der Waals surface area contributed by atoms with Crippen molar-refractivity contribution in [3.05, 3.63) is 53.6 Å². The monoisotopic (exact) mass is 326 g/mol. The van der Waals surface area contributed by atoms with Crippen LogP contribution in [0.1, 0.15) is 11.1 Å². The van der Waals surface area contributed by atoms with E-state index in [1.807, 2.05) is 36.4 Å². The topological polar surface area (TPSA) is 50.8 Å². The summed E-state index contributed by atoms with van der Waals surface area (Å²) in [5.74, 6) is 1.45. The van der Waals surface area contributed by atoms with Crippen molar-refractivity contribution in [1.29, 1.82) is 0 Å². The minimum Gasteiger partial charge on any atom is -0.496 e. The zero-order chi connectivity index (χ0) is 17.1. The second kappa shape index (κ2) is 6.83. The quantitative estimate of drug-likeness (QED) is 0.938. The SMILES string of the molecule is CNC(=O)[C@H]1CN(Cc2cc(C)ccc2OC)c2ccccc2O1. The summed E-state index contributed by atoms with van der Waals surface area (Å²) >= 11 is 0. The molecule has 0 radical (unpaired) electrons. The molecule has 2 aromatic rings. The molecule has 24 heavy (non-hydrogen) atoms. The first-order valence-corrected chi connectivity index (χ1v) is 7.98. The number of hydrogen-bond donors (Lipinski definition) is 1. The maximum atomic E-state index is 12.1. The average molecular weight is 326 g/mol. The lowest BCUT2D eigenvalue weighted by Gasteiger charge is -2.35. The minimum atomic E-state index is -0.527. The van der Waals surface area contributed by atoms with Crippen molar-refractivity contribution in [2.45, 2.75) is 19.6 Å². The molecule has 0 bridgehead atoms. The zero-order valence-electron chi connectivity index (χ0n) is 14.2. The number of ether oxygens (including phenoxy) is 2. The van der Waals surface area contributed by atoms with E-state index >= 15 is 0 Å². The second-order valence-electron chi connectivity index (χ2n) is 5.88. The molecule has 1 N–H and O–H groups in total. The van der Waals surface area contributed by atoms with Crippen molar-refractivity contribution in [3.8, 4) is 11.5 Å². The first kappa shape index (κ1) is 16.2. The van der Waals surface area contributed by atoms with E-state index in [0.717, 1.165) is 22.7 Å². The highest BCUT2D eigenvalue weighted by atomic mass is 16.5. The Hall–Kier alpha value is -2.69. The van der Waals surface area contributed by atoms with Crippen molar-refractivity contribution in [2.75, 3.05) is 25.6 Å². The summed E-state index contributed by atoms with van der Waals surface area (Å²) in [6.45, 7) is 3.20. The molecule has 3 rings (SSSR count). The van der Waals surface area contributed by atoms with E-state index in [1.54, 1.807) is 14.2 Å². The Labute approximate surface area is 142 Å². The fourth-order valence-corrected chi connectivity index (χ4v) is 2.99. The number of likely N-dealkylation sites (N-methyl/N-ethyl adjacent to an activating group) is 1. The van der Waals surface area contributed by atoms with Crippen molar-refractivity contribution in [2.24, 2.45) is 0 Å². The van der Waals surface area contributed by atoms with Gasteiger partial charge in [0.1, 0.15) is 11.5 Å². The van der Waals surface area contributed by atoms with E-state index < -0.39 is 6.10 Å². The molecular weight excluding hydrogens is 304 g/mol. The summed E-state index contributed by atoms with van der Waals surface area (Å²) < 4.78 is 11.3. The van der Waals surface area contributed by atoms with Gasteiger partial charge in [0.2, 0.25) is 0 Å². The number of nitrogens with one attached hydrogen (secondary N) is 1. The maximum Gasteiger partial charge on any atom is 0.262 e. The van der Waals surface area contributed by atoms with Gasteiger partial charge in [-0.25, -0.2) is 0 Å². The largest absolute Gasteiger partial charge is 0.496 e. The third-order valence-electron chi connectivity index (χ3n) is 4.20. The zero-order valence-corrected chi connectivity index (χ0v) is 14.2. The third-order valence-corrected chi connectivity index (χ3v) is 4.20. The molecule has 126 valence electrons. The molecule has 0 saturated heterocycles. The lowest BCUT2D eigenvalue weighted by atomic mass is 10.1. The highest BCUT2D eigenvalue weighted by Crippen LogP contribution is 2.35. The number of nitrogens with zero attached hydrogens (tertiary/aromatic N) is 1. The van der Waals surface area contributed by atoms with E-state index in [0.29, 0.717) is 13.1 Å². The number of carbonyl (C=O) groups is 1. The summed E-state index contributed by atoms with van der Waals surface area (Å²) in [7, 11) is 3.30. The normalized spacial score (nSPS) is 16.1. The smallest absolute Gasteiger partial charge is 0.262 e. The van der Waals surface area contributed by atoms with Crippen molar-refractivity contribution >= 4 is 11.6 Å². The van der Waals surface area contributed by atoms with Crippen molar-refractivity contribution in [1.82, 2.24) is 5.32 Å². The van der Waals surface area contributed by atoms with Gasteiger partial charge in [0.15, 0.2) is 6.10 Å². The van der Waals surface area contributed by atoms with Crippen LogP contribution < -0.4 is 19.7 Å². The second-order valence-corrected chi connectivity index (χ2v) is 5.88. The molecule has 1 aliphatic heterocycles. The molecule has 0 aromatic heterocycles. The molecule has 1 amide bonds. The fourth-order valence-electron chi connectivity index (χ4n) is 2.99. The molecule has 0 unspecified atom stereocenters. The third kappa shape index (κ3) is 3.15. The van der Waals surface area contributed by atoms with E-state index in [-0.39, 0.29) is 5.91 Å². The fraction of sp³-hybridized carbons (Fsp3) is 0.316. The lowest BCUT2D eigenvalue weighted by Crippen LogP contribution is -2.47. The molecule has 5 nitrogen and oxygen atoms in total. The minimum absolute atomic E-state index is 0.120. The number of amides is 1. The molecule has 0 aliphatic carbocycles. The summed E-state index contributed by atoms with van der Waals surface area (Å²) in [6, 6.07) is 13.9. The van der Waals surface area contributed by atoms with Crippen molar-refractivity contribution < 1.29 is 14.3 Å². The number of fused-ring (bicyclic) bond motifs is 1. The van der Waals surface area contributed by atoms with Crippen LogP contribution in [0.4, 0.5) is 5.69 Å². The summed E-state index contributed by atoms with van der Waals surface area (Å²) in [4.78, 5) is 14.2.